The molecule has 0 aliphatic heterocycles. The zero-order valence-electron chi connectivity index (χ0n) is 54.6. The molecule has 0 aromatic heterocycles. The molecule has 0 aliphatic carbocycles. The van der Waals surface area contributed by atoms with E-state index in [1.165, 1.54) is 270 Å². The van der Waals surface area contributed by atoms with Crippen molar-refractivity contribution in [2.24, 2.45) is 0 Å². The largest absolute Gasteiger partial charge is 0.462 e. The van der Waals surface area contributed by atoms with E-state index in [-0.39, 0.29) is 31.1 Å². The SMILES string of the molecule is CC/C=C\C/C=C\C/C=C\CCCCCC(=O)OCC(COC(=O)CCCCCCCCCCCCCCCCCCCCCCCCCCCCCCCCCCC)OC(=O)CCCCCCCCC/C=C\CCCCCCCC. The van der Waals surface area contributed by atoms with Crippen LogP contribution >= 0.6 is 0 Å². The Labute approximate surface area is 505 Å². The van der Waals surface area contributed by atoms with Crippen LogP contribution in [0.2, 0.25) is 0 Å². The van der Waals surface area contributed by atoms with Gasteiger partial charge in [-0.05, 0) is 77.0 Å². The van der Waals surface area contributed by atoms with Gasteiger partial charge in [-0.2, -0.15) is 0 Å². The zero-order chi connectivity index (χ0) is 58.5. The molecular formula is C75H138O6. The molecule has 0 N–H and O–H groups in total. The van der Waals surface area contributed by atoms with Gasteiger partial charge >= 0.3 is 17.9 Å². The molecule has 81 heavy (non-hydrogen) atoms. The van der Waals surface area contributed by atoms with Gasteiger partial charge in [0.25, 0.3) is 0 Å². The monoisotopic (exact) mass is 1140 g/mol. The highest BCUT2D eigenvalue weighted by atomic mass is 16.6. The highest BCUT2D eigenvalue weighted by Crippen LogP contribution is 2.19. The van der Waals surface area contributed by atoms with Crippen LogP contribution in [0.1, 0.15) is 393 Å². The van der Waals surface area contributed by atoms with Gasteiger partial charge in [-0.3, -0.25) is 14.4 Å². The summed E-state index contributed by atoms with van der Waals surface area (Å²) in [7, 11) is 0. The molecule has 0 aliphatic rings. The summed E-state index contributed by atoms with van der Waals surface area (Å²) in [5.74, 6) is -0.893. The topological polar surface area (TPSA) is 78.9 Å². The van der Waals surface area contributed by atoms with Gasteiger partial charge in [-0.25, -0.2) is 0 Å². The van der Waals surface area contributed by atoms with Crippen LogP contribution in [0.3, 0.4) is 0 Å². The summed E-state index contributed by atoms with van der Waals surface area (Å²) in [6.45, 7) is 6.56. The minimum Gasteiger partial charge on any atom is -0.462 e. The third-order valence-electron chi connectivity index (χ3n) is 16.3. The van der Waals surface area contributed by atoms with Crippen molar-refractivity contribution in [2.45, 2.75) is 399 Å². The van der Waals surface area contributed by atoms with Crippen LogP contribution in [0.4, 0.5) is 0 Å². The number of hydrogen-bond donors (Lipinski definition) is 0. The number of rotatable bonds is 67. The quantitative estimate of drug-likeness (QED) is 0.0261. The Kier molecular flexibility index (Phi) is 67.6. The van der Waals surface area contributed by atoms with E-state index < -0.39 is 6.10 Å². The number of ether oxygens (including phenoxy) is 3. The van der Waals surface area contributed by atoms with Gasteiger partial charge in [-0.15, -0.1) is 0 Å². The van der Waals surface area contributed by atoms with Crippen molar-refractivity contribution in [1.29, 1.82) is 0 Å². The molecule has 0 radical (unpaired) electrons. The van der Waals surface area contributed by atoms with Crippen LogP contribution in [-0.2, 0) is 28.6 Å². The van der Waals surface area contributed by atoms with Gasteiger partial charge < -0.3 is 14.2 Å². The van der Waals surface area contributed by atoms with Gasteiger partial charge in [0.15, 0.2) is 6.10 Å². The van der Waals surface area contributed by atoms with Gasteiger partial charge in [0.05, 0.1) is 0 Å². The molecule has 1 atom stereocenters. The lowest BCUT2D eigenvalue weighted by molar-refractivity contribution is -0.167. The molecule has 474 valence electrons. The van der Waals surface area contributed by atoms with Gasteiger partial charge in [0.1, 0.15) is 13.2 Å². The Hall–Kier alpha value is -2.63. The molecule has 0 fully saturated rings. The fraction of sp³-hybridized carbons (Fsp3) is 0.853. The molecule has 6 heteroatoms. The van der Waals surface area contributed by atoms with E-state index in [1.807, 2.05) is 0 Å². The van der Waals surface area contributed by atoms with E-state index >= 15 is 0 Å². The number of unbranched alkanes of at least 4 members (excludes halogenated alkanes) is 48. The molecule has 0 amide bonds. The van der Waals surface area contributed by atoms with Gasteiger partial charge in [0.2, 0.25) is 0 Å². The normalized spacial score (nSPS) is 12.3. The second-order valence-electron chi connectivity index (χ2n) is 24.5. The fourth-order valence-corrected chi connectivity index (χ4v) is 10.9. The van der Waals surface area contributed by atoms with Crippen molar-refractivity contribution in [3.05, 3.63) is 48.6 Å². The molecule has 0 aromatic rings. The predicted octanol–water partition coefficient (Wildman–Crippen LogP) is 24.9. The van der Waals surface area contributed by atoms with Crippen molar-refractivity contribution in [3.63, 3.8) is 0 Å². The van der Waals surface area contributed by atoms with E-state index in [9.17, 15) is 14.4 Å². The van der Waals surface area contributed by atoms with Crippen molar-refractivity contribution >= 4 is 17.9 Å². The first-order chi connectivity index (χ1) is 40.0. The van der Waals surface area contributed by atoms with E-state index in [0.717, 1.165) is 83.5 Å². The predicted molar refractivity (Wildman–Crippen MR) is 353 cm³/mol. The zero-order valence-corrected chi connectivity index (χ0v) is 54.6. The summed E-state index contributed by atoms with van der Waals surface area (Å²) < 4.78 is 16.9. The second kappa shape index (κ2) is 69.9. The Morgan fingerprint density at radius 3 is 0.778 bits per heavy atom. The minimum atomic E-state index is -0.787. The molecular weight excluding hydrogens is 997 g/mol. The number of carbonyl (C=O) groups excluding carboxylic acids is 3. The van der Waals surface area contributed by atoms with Crippen molar-refractivity contribution < 1.29 is 28.6 Å². The molecule has 6 nitrogen and oxygen atoms in total. The average Bonchev–Trinajstić information content (AvgIpc) is 3.46. The lowest BCUT2D eigenvalue weighted by Crippen LogP contribution is -2.30. The second-order valence-corrected chi connectivity index (χ2v) is 24.5. The molecule has 0 spiro atoms. The molecule has 0 bridgehead atoms. The van der Waals surface area contributed by atoms with E-state index in [0.29, 0.717) is 19.3 Å². The number of hydrogen-bond acceptors (Lipinski definition) is 6. The van der Waals surface area contributed by atoms with Crippen molar-refractivity contribution in [1.82, 2.24) is 0 Å². The number of carbonyl (C=O) groups is 3. The summed E-state index contributed by atoms with van der Waals surface area (Å²) in [6, 6.07) is 0. The first-order valence-electron chi connectivity index (χ1n) is 36.1. The first-order valence-corrected chi connectivity index (χ1v) is 36.1. The summed E-state index contributed by atoms with van der Waals surface area (Å²) in [4.78, 5) is 38.3. The maximum Gasteiger partial charge on any atom is 0.306 e. The summed E-state index contributed by atoms with van der Waals surface area (Å²) in [6.07, 6.45) is 88.9. The van der Waals surface area contributed by atoms with E-state index in [2.05, 4.69) is 69.4 Å². The van der Waals surface area contributed by atoms with Crippen molar-refractivity contribution in [2.75, 3.05) is 13.2 Å². The summed E-state index contributed by atoms with van der Waals surface area (Å²) in [5.41, 5.74) is 0. The van der Waals surface area contributed by atoms with Crippen molar-refractivity contribution in [3.8, 4) is 0 Å². The number of allylic oxidation sites excluding steroid dienone is 8. The summed E-state index contributed by atoms with van der Waals surface area (Å²) in [5, 5.41) is 0. The molecule has 0 rings (SSSR count). The van der Waals surface area contributed by atoms with Crippen LogP contribution in [0.15, 0.2) is 48.6 Å². The fourth-order valence-electron chi connectivity index (χ4n) is 10.9. The molecule has 0 saturated heterocycles. The smallest absolute Gasteiger partial charge is 0.306 e. The van der Waals surface area contributed by atoms with Crippen LogP contribution < -0.4 is 0 Å². The Morgan fingerprint density at radius 2 is 0.481 bits per heavy atom. The van der Waals surface area contributed by atoms with E-state index in [4.69, 9.17) is 14.2 Å². The Morgan fingerprint density at radius 1 is 0.259 bits per heavy atom. The molecule has 1 unspecified atom stereocenters. The highest BCUT2D eigenvalue weighted by molar-refractivity contribution is 5.71. The van der Waals surface area contributed by atoms with Gasteiger partial charge in [-0.1, -0.05) is 345 Å². The highest BCUT2D eigenvalue weighted by Gasteiger charge is 2.19. The minimum absolute atomic E-state index is 0.0807. The summed E-state index contributed by atoms with van der Waals surface area (Å²) >= 11 is 0. The Bertz CT molecular complexity index is 1400. The first kappa shape index (κ1) is 78.4. The maximum atomic E-state index is 12.9. The molecule has 0 saturated carbocycles. The number of esters is 3. The maximum absolute atomic E-state index is 12.9. The van der Waals surface area contributed by atoms with Gasteiger partial charge in [0, 0.05) is 19.3 Å². The third kappa shape index (κ3) is 68.0. The third-order valence-corrected chi connectivity index (χ3v) is 16.3. The molecule has 0 heterocycles. The Balaban J connectivity index is 4.11. The lowest BCUT2D eigenvalue weighted by Gasteiger charge is -2.18. The molecule has 0 aromatic carbocycles. The van der Waals surface area contributed by atoms with Crippen LogP contribution in [-0.4, -0.2) is 37.2 Å². The standard InChI is InChI=1S/C75H138O6/c1-4-7-10-13-16-19-22-25-27-29-30-31-32-33-34-35-36-37-38-39-40-41-42-43-44-46-47-50-53-56-59-62-65-68-74(77)80-71-72(70-79-73(76)67-64-61-58-55-52-49-24-21-18-15-12-9-6-3)81-75(78)69-66-63-60-57-54-51-48-45-28-26-23-20-17-14-11-8-5-2/h9,12,18,21,26,28,49,52,72H,4-8,10-11,13-17,19-20,22-25,27,29-48,50-51,53-71H2,1-3H3/b12-9-,21-18-,28-26-,52-49-. The lowest BCUT2D eigenvalue weighted by atomic mass is 10.0. The van der Waals surface area contributed by atoms with E-state index in [1.54, 1.807) is 0 Å². The average molecular weight is 1140 g/mol. The van der Waals surface area contributed by atoms with Crippen LogP contribution in [0.25, 0.3) is 0 Å². The van der Waals surface area contributed by atoms with Crippen LogP contribution in [0, 0.1) is 0 Å². The van der Waals surface area contributed by atoms with Crippen LogP contribution in [0.5, 0.6) is 0 Å².